The summed E-state index contributed by atoms with van der Waals surface area (Å²) in [5, 5.41) is 0. The Hall–Kier alpha value is -1.07. The number of halogens is 3. The number of rotatable bonds is 6. The van der Waals surface area contributed by atoms with Crippen molar-refractivity contribution in [1.82, 2.24) is 0 Å². The molecule has 0 amide bonds. The predicted molar refractivity (Wildman–Crippen MR) is 68.8 cm³/mol. The Bertz CT molecular complexity index is 393. The van der Waals surface area contributed by atoms with E-state index in [0.29, 0.717) is 24.5 Å². The number of methoxy groups -OCH3 is 1. The van der Waals surface area contributed by atoms with Crippen molar-refractivity contribution in [3.63, 3.8) is 0 Å². The van der Waals surface area contributed by atoms with Crippen LogP contribution >= 0.6 is 0 Å². The summed E-state index contributed by atoms with van der Waals surface area (Å²) < 4.78 is 42.7. The van der Waals surface area contributed by atoms with Crippen LogP contribution in [0.3, 0.4) is 0 Å². The van der Waals surface area contributed by atoms with Crippen LogP contribution in [0.15, 0.2) is 24.3 Å². The second kappa shape index (κ2) is 6.91. The molecule has 1 aromatic carbocycles. The lowest BCUT2D eigenvalue weighted by Crippen LogP contribution is -2.26. The minimum absolute atomic E-state index is 0.159. The van der Waals surface area contributed by atoms with Gasteiger partial charge in [0.15, 0.2) is 0 Å². The summed E-state index contributed by atoms with van der Waals surface area (Å²) in [5.74, 6) is 0.297. The highest BCUT2D eigenvalue weighted by atomic mass is 19.4. The molecule has 0 saturated heterocycles. The molecular formula is C14H20F3NO. The Morgan fingerprint density at radius 3 is 2.58 bits per heavy atom. The average molecular weight is 275 g/mol. The summed E-state index contributed by atoms with van der Waals surface area (Å²) in [7, 11) is 1.62. The Labute approximate surface area is 111 Å². The highest BCUT2D eigenvalue weighted by Crippen LogP contribution is 2.29. The van der Waals surface area contributed by atoms with Crippen LogP contribution in [-0.2, 0) is 17.3 Å². The van der Waals surface area contributed by atoms with Crippen molar-refractivity contribution in [3.8, 4) is 0 Å². The molecule has 108 valence electrons. The predicted octanol–water partition coefficient (Wildman–Crippen LogP) is 3.25. The van der Waals surface area contributed by atoms with Crippen molar-refractivity contribution in [1.29, 1.82) is 0 Å². The van der Waals surface area contributed by atoms with Gasteiger partial charge in [0.1, 0.15) is 0 Å². The van der Waals surface area contributed by atoms with Gasteiger partial charge in [-0.1, -0.05) is 25.1 Å². The van der Waals surface area contributed by atoms with Crippen LogP contribution in [0.5, 0.6) is 0 Å². The third-order valence-corrected chi connectivity index (χ3v) is 2.91. The molecule has 0 radical (unpaired) electrons. The fraction of sp³-hybridized carbons (Fsp3) is 0.571. The van der Waals surface area contributed by atoms with Gasteiger partial charge >= 0.3 is 6.18 Å². The highest BCUT2D eigenvalue weighted by Gasteiger charge is 2.30. The maximum absolute atomic E-state index is 12.6. The highest BCUT2D eigenvalue weighted by molar-refractivity contribution is 5.26. The quantitative estimate of drug-likeness (QED) is 0.865. The van der Waals surface area contributed by atoms with E-state index in [1.165, 1.54) is 12.1 Å². The number of benzene rings is 1. The lowest BCUT2D eigenvalue weighted by Gasteiger charge is -2.17. The maximum Gasteiger partial charge on any atom is 0.416 e. The van der Waals surface area contributed by atoms with Gasteiger partial charge in [0, 0.05) is 19.8 Å². The Morgan fingerprint density at radius 2 is 2.00 bits per heavy atom. The van der Waals surface area contributed by atoms with Crippen LogP contribution in [0.1, 0.15) is 24.5 Å². The molecule has 0 aromatic heterocycles. The first-order chi connectivity index (χ1) is 8.82. The molecule has 0 aliphatic heterocycles. The van der Waals surface area contributed by atoms with Gasteiger partial charge in [0.2, 0.25) is 0 Å². The summed E-state index contributed by atoms with van der Waals surface area (Å²) in [6, 6.07) is 5.18. The van der Waals surface area contributed by atoms with E-state index in [1.807, 2.05) is 6.92 Å². The molecule has 2 unspecified atom stereocenters. The molecule has 0 saturated carbocycles. The van der Waals surface area contributed by atoms with E-state index in [9.17, 15) is 13.2 Å². The molecule has 19 heavy (non-hydrogen) atoms. The molecule has 0 fully saturated rings. The van der Waals surface area contributed by atoms with E-state index in [-0.39, 0.29) is 6.04 Å². The van der Waals surface area contributed by atoms with Crippen LogP contribution in [0.4, 0.5) is 13.2 Å². The van der Waals surface area contributed by atoms with E-state index in [4.69, 9.17) is 10.5 Å². The summed E-state index contributed by atoms with van der Waals surface area (Å²) >= 11 is 0. The Kier molecular flexibility index (Phi) is 5.82. The monoisotopic (exact) mass is 275 g/mol. The fourth-order valence-electron chi connectivity index (χ4n) is 2.13. The Balaban J connectivity index is 2.62. The SMILES string of the molecule is COCC(C)CC(N)Cc1cccc(C(F)(F)F)c1. The molecule has 2 nitrogen and oxygen atoms in total. The van der Waals surface area contributed by atoms with Crippen molar-refractivity contribution in [2.24, 2.45) is 11.7 Å². The van der Waals surface area contributed by atoms with Crippen LogP contribution in [0.25, 0.3) is 0 Å². The molecule has 2 atom stereocenters. The molecule has 0 bridgehead atoms. The van der Waals surface area contributed by atoms with Crippen molar-refractivity contribution in [2.75, 3.05) is 13.7 Å². The van der Waals surface area contributed by atoms with Crippen molar-refractivity contribution < 1.29 is 17.9 Å². The van der Waals surface area contributed by atoms with E-state index < -0.39 is 11.7 Å². The molecular weight excluding hydrogens is 255 g/mol. The molecule has 0 aliphatic carbocycles. The lowest BCUT2D eigenvalue weighted by atomic mass is 9.96. The smallest absolute Gasteiger partial charge is 0.384 e. The number of hydrogen-bond acceptors (Lipinski definition) is 2. The molecule has 0 aliphatic rings. The molecule has 0 heterocycles. The second-order valence-corrected chi connectivity index (χ2v) is 4.96. The summed E-state index contributed by atoms with van der Waals surface area (Å²) in [6.07, 6.45) is -3.13. The zero-order valence-corrected chi connectivity index (χ0v) is 11.2. The zero-order valence-electron chi connectivity index (χ0n) is 11.2. The molecule has 2 N–H and O–H groups in total. The average Bonchev–Trinajstić information content (AvgIpc) is 2.28. The lowest BCUT2D eigenvalue weighted by molar-refractivity contribution is -0.137. The first kappa shape index (κ1) is 16.0. The summed E-state index contributed by atoms with van der Waals surface area (Å²) in [4.78, 5) is 0. The van der Waals surface area contributed by atoms with Crippen LogP contribution < -0.4 is 5.73 Å². The van der Waals surface area contributed by atoms with Gasteiger partial charge in [-0.05, 0) is 30.4 Å². The summed E-state index contributed by atoms with van der Waals surface area (Å²) in [5.41, 5.74) is 5.95. The van der Waals surface area contributed by atoms with Gasteiger partial charge in [-0.15, -0.1) is 0 Å². The van der Waals surface area contributed by atoms with Crippen molar-refractivity contribution in [3.05, 3.63) is 35.4 Å². The second-order valence-electron chi connectivity index (χ2n) is 4.96. The largest absolute Gasteiger partial charge is 0.416 e. The van der Waals surface area contributed by atoms with Crippen LogP contribution in [0.2, 0.25) is 0 Å². The topological polar surface area (TPSA) is 35.2 Å². The van der Waals surface area contributed by atoms with Gasteiger partial charge in [-0.25, -0.2) is 0 Å². The standard InChI is InChI=1S/C14H20F3NO/c1-10(9-19-2)6-13(18)8-11-4-3-5-12(7-11)14(15,16)17/h3-5,7,10,13H,6,8-9,18H2,1-2H3. The van der Waals surface area contributed by atoms with Crippen molar-refractivity contribution in [2.45, 2.75) is 32.0 Å². The minimum atomic E-state index is -4.30. The maximum atomic E-state index is 12.6. The van der Waals surface area contributed by atoms with Crippen LogP contribution in [0, 0.1) is 5.92 Å². The Morgan fingerprint density at radius 1 is 1.32 bits per heavy atom. The minimum Gasteiger partial charge on any atom is -0.384 e. The number of nitrogens with two attached hydrogens (primary N) is 1. The van der Waals surface area contributed by atoms with E-state index in [2.05, 4.69) is 0 Å². The first-order valence-electron chi connectivity index (χ1n) is 6.23. The molecule has 1 aromatic rings. The van der Waals surface area contributed by atoms with Gasteiger partial charge in [-0.3, -0.25) is 0 Å². The number of hydrogen-bond donors (Lipinski definition) is 1. The van der Waals surface area contributed by atoms with E-state index in [0.717, 1.165) is 12.5 Å². The molecule has 5 heteroatoms. The zero-order chi connectivity index (χ0) is 14.5. The third kappa shape index (κ3) is 5.61. The normalized spacial score (nSPS) is 15.3. The van der Waals surface area contributed by atoms with Gasteiger partial charge in [0.05, 0.1) is 5.56 Å². The van der Waals surface area contributed by atoms with E-state index >= 15 is 0 Å². The number of ether oxygens (including phenoxy) is 1. The number of alkyl halides is 3. The van der Waals surface area contributed by atoms with Crippen molar-refractivity contribution >= 4 is 0 Å². The third-order valence-electron chi connectivity index (χ3n) is 2.91. The molecule has 1 rings (SSSR count). The van der Waals surface area contributed by atoms with Gasteiger partial charge < -0.3 is 10.5 Å². The first-order valence-corrected chi connectivity index (χ1v) is 6.23. The van der Waals surface area contributed by atoms with Gasteiger partial charge in [0.25, 0.3) is 0 Å². The summed E-state index contributed by atoms with van der Waals surface area (Å²) in [6.45, 7) is 2.62. The van der Waals surface area contributed by atoms with E-state index in [1.54, 1.807) is 13.2 Å². The van der Waals surface area contributed by atoms with Gasteiger partial charge in [-0.2, -0.15) is 13.2 Å². The van der Waals surface area contributed by atoms with Crippen LogP contribution in [-0.4, -0.2) is 19.8 Å². The fourth-order valence-corrected chi connectivity index (χ4v) is 2.13. The molecule has 0 spiro atoms.